The number of aromatic nitrogens is 1. The molecule has 42 heavy (non-hydrogen) atoms. The number of hydrogen-bond donors (Lipinski definition) is 2. The van der Waals surface area contributed by atoms with Gasteiger partial charge in [0.25, 0.3) is 5.91 Å². The zero-order valence-corrected chi connectivity index (χ0v) is 24.2. The van der Waals surface area contributed by atoms with Crippen molar-refractivity contribution in [3.63, 3.8) is 0 Å². The summed E-state index contributed by atoms with van der Waals surface area (Å²) in [6.07, 6.45) is 1.47. The maximum atomic E-state index is 13.4. The summed E-state index contributed by atoms with van der Waals surface area (Å²) < 4.78 is 16.1. The predicted octanol–water partition coefficient (Wildman–Crippen LogP) is 7.11. The number of benzene rings is 4. The quantitative estimate of drug-likeness (QED) is 0.0880. The molecule has 0 spiro atoms. The zero-order valence-electron chi connectivity index (χ0n) is 23.4. The van der Waals surface area contributed by atoms with E-state index in [2.05, 4.69) is 21.6 Å². The van der Waals surface area contributed by atoms with E-state index in [0.29, 0.717) is 38.9 Å². The molecule has 1 aromatic heterocycles. The normalized spacial score (nSPS) is 11.1. The van der Waals surface area contributed by atoms with Gasteiger partial charge in [0.15, 0.2) is 11.5 Å². The number of carbonyl (C=O) groups is 2. The van der Waals surface area contributed by atoms with Crippen LogP contribution in [0, 0.1) is 13.8 Å². The van der Waals surface area contributed by atoms with Crippen molar-refractivity contribution in [2.45, 2.75) is 13.8 Å². The van der Waals surface area contributed by atoms with Crippen LogP contribution in [0.2, 0.25) is 5.02 Å². The Morgan fingerprint density at radius 2 is 1.67 bits per heavy atom. The van der Waals surface area contributed by atoms with Gasteiger partial charge in [0.2, 0.25) is 0 Å². The second-order valence-electron chi connectivity index (χ2n) is 9.59. The number of H-pyrrole nitrogens is 1. The minimum absolute atomic E-state index is 0.243. The van der Waals surface area contributed by atoms with Crippen LogP contribution >= 0.6 is 11.6 Å². The Bertz CT molecular complexity index is 1830. The third kappa shape index (κ3) is 5.84. The fourth-order valence-electron chi connectivity index (χ4n) is 4.72. The molecule has 2 N–H and O–H groups in total. The van der Waals surface area contributed by atoms with Crippen LogP contribution in [0.5, 0.6) is 17.2 Å². The van der Waals surface area contributed by atoms with Crippen LogP contribution < -0.4 is 19.6 Å². The molecule has 0 atom stereocenters. The summed E-state index contributed by atoms with van der Waals surface area (Å²) in [5.74, 6) is 0.242. The first-order valence-corrected chi connectivity index (χ1v) is 13.4. The first-order valence-electron chi connectivity index (χ1n) is 13.0. The first kappa shape index (κ1) is 28.4. The van der Waals surface area contributed by atoms with Gasteiger partial charge in [0.05, 0.1) is 26.0 Å². The summed E-state index contributed by atoms with van der Waals surface area (Å²) in [6, 6.07) is 23.0. The standard InChI is InChI=1S/C33H28ClN3O5/c1-19-15-20(2)30-25(16-19)29(24-7-5-6-8-26(24)34)31(36-30)32(38)37-35-18-21-9-14-27(28(17-21)41-4)42-33(39)22-10-12-23(40-3)13-11-22/h5-18,36H,1-4H3,(H,37,38). The Hall–Kier alpha value is -5.08. The summed E-state index contributed by atoms with van der Waals surface area (Å²) >= 11 is 6.55. The van der Waals surface area contributed by atoms with Crippen LogP contribution in [0.15, 0.2) is 84.0 Å². The van der Waals surface area contributed by atoms with Crippen LogP contribution in [0.1, 0.15) is 37.5 Å². The van der Waals surface area contributed by atoms with Crippen LogP contribution in [-0.4, -0.2) is 37.3 Å². The number of aryl methyl sites for hydroxylation is 2. The highest BCUT2D eigenvalue weighted by Gasteiger charge is 2.22. The van der Waals surface area contributed by atoms with E-state index in [0.717, 1.165) is 27.6 Å². The van der Waals surface area contributed by atoms with E-state index in [4.69, 9.17) is 25.8 Å². The van der Waals surface area contributed by atoms with E-state index in [1.807, 2.05) is 38.1 Å². The Labute approximate surface area is 247 Å². The maximum absolute atomic E-state index is 13.4. The molecule has 212 valence electrons. The molecule has 5 rings (SSSR count). The number of hydrazone groups is 1. The number of hydrogen-bond acceptors (Lipinski definition) is 6. The molecule has 1 heterocycles. The lowest BCUT2D eigenvalue weighted by molar-refractivity contribution is 0.0729. The highest BCUT2D eigenvalue weighted by Crippen LogP contribution is 2.38. The Kier molecular flexibility index (Phi) is 8.26. The lowest BCUT2D eigenvalue weighted by Crippen LogP contribution is -2.19. The Morgan fingerprint density at radius 1 is 0.905 bits per heavy atom. The summed E-state index contributed by atoms with van der Waals surface area (Å²) in [6.45, 7) is 4.01. The van der Waals surface area contributed by atoms with Crippen LogP contribution in [0.4, 0.5) is 0 Å². The molecule has 0 aliphatic rings. The molecule has 0 saturated heterocycles. The summed E-state index contributed by atoms with van der Waals surface area (Å²) in [5, 5.41) is 5.60. The van der Waals surface area contributed by atoms with Crippen LogP contribution in [0.3, 0.4) is 0 Å². The molecule has 0 bridgehead atoms. The number of rotatable bonds is 8. The monoisotopic (exact) mass is 581 g/mol. The lowest BCUT2D eigenvalue weighted by Gasteiger charge is -2.10. The molecule has 1 amide bonds. The van der Waals surface area contributed by atoms with Crippen molar-refractivity contribution in [3.8, 4) is 28.4 Å². The molecule has 4 aromatic carbocycles. The molecule has 8 nitrogen and oxygen atoms in total. The van der Waals surface area contributed by atoms with E-state index in [1.165, 1.54) is 13.3 Å². The number of fused-ring (bicyclic) bond motifs is 1. The molecule has 0 aliphatic carbocycles. The van der Waals surface area contributed by atoms with Gasteiger partial charge < -0.3 is 19.2 Å². The number of halogens is 1. The SMILES string of the molecule is COc1ccc(C(=O)Oc2ccc(C=NNC(=O)c3[nH]c4c(C)cc(C)cc4c3-c3ccccc3Cl)cc2OC)cc1. The number of nitrogens with one attached hydrogen (secondary N) is 2. The minimum atomic E-state index is -0.539. The number of methoxy groups -OCH3 is 2. The largest absolute Gasteiger partial charge is 0.497 e. The number of nitrogens with zero attached hydrogens (tertiary/aromatic N) is 1. The zero-order chi connectivity index (χ0) is 29.8. The number of aromatic amines is 1. The van der Waals surface area contributed by atoms with E-state index in [1.54, 1.807) is 55.6 Å². The fourth-order valence-corrected chi connectivity index (χ4v) is 4.95. The number of amides is 1. The second kappa shape index (κ2) is 12.2. The number of carbonyl (C=O) groups excluding carboxylic acids is 2. The van der Waals surface area contributed by atoms with Crippen molar-refractivity contribution < 1.29 is 23.8 Å². The highest BCUT2D eigenvalue weighted by atomic mass is 35.5. The van der Waals surface area contributed by atoms with E-state index < -0.39 is 11.9 Å². The van der Waals surface area contributed by atoms with Gasteiger partial charge in [-0.3, -0.25) is 4.79 Å². The van der Waals surface area contributed by atoms with Gasteiger partial charge in [-0.15, -0.1) is 0 Å². The lowest BCUT2D eigenvalue weighted by atomic mass is 9.99. The second-order valence-corrected chi connectivity index (χ2v) is 9.99. The summed E-state index contributed by atoms with van der Waals surface area (Å²) in [4.78, 5) is 29.3. The molecule has 0 fully saturated rings. The van der Waals surface area contributed by atoms with Crippen LogP contribution in [0.25, 0.3) is 22.0 Å². The molecular formula is C33H28ClN3O5. The van der Waals surface area contributed by atoms with Crippen molar-refractivity contribution >= 4 is 40.6 Å². The minimum Gasteiger partial charge on any atom is -0.497 e. The molecular weight excluding hydrogens is 554 g/mol. The molecule has 0 radical (unpaired) electrons. The fraction of sp³-hybridized carbons (Fsp3) is 0.121. The van der Waals surface area contributed by atoms with E-state index >= 15 is 0 Å². The van der Waals surface area contributed by atoms with Gasteiger partial charge in [-0.2, -0.15) is 5.10 Å². The topological polar surface area (TPSA) is 102 Å². The molecule has 0 unspecified atom stereocenters. The highest BCUT2D eigenvalue weighted by molar-refractivity contribution is 6.34. The molecule has 0 saturated carbocycles. The number of esters is 1. The molecule has 5 aromatic rings. The predicted molar refractivity (Wildman–Crippen MR) is 164 cm³/mol. The van der Waals surface area contributed by atoms with Gasteiger partial charge in [0, 0.05) is 27.1 Å². The first-order chi connectivity index (χ1) is 20.3. The van der Waals surface area contributed by atoms with E-state index in [9.17, 15) is 9.59 Å². The smallest absolute Gasteiger partial charge is 0.343 e. The number of ether oxygens (including phenoxy) is 3. The van der Waals surface area contributed by atoms with Gasteiger partial charge in [-0.1, -0.05) is 41.4 Å². The van der Waals surface area contributed by atoms with Gasteiger partial charge >= 0.3 is 5.97 Å². The van der Waals surface area contributed by atoms with Crippen molar-refractivity contribution in [1.29, 1.82) is 0 Å². The molecule has 9 heteroatoms. The Balaban J connectivity index is 1.37. The Morgan fingerprint density at radius 3 is 2.38 bits per heavy atom. The van der Waals surface area contributed by atoms with Gasteiger partial charge in [-0.25, -0.2) is 10.2 Å². The van der Waals surface area contributed by atoms with Crippen molar-refractivity contribution in [1.82, 2.24) is 10.4 Å². The molecule has 0 aliphatic heterocycles. The third-order valence-corrected chi connectivity index (χ3v) is 7.04. The van der Waals surface area contributed by atoms with Crippen molar-refractivity contribution in [2.75, 3.05) is 14.2 Å². The average molecular weight is 582 g/mol. The summed E-state index contributed by atoms with van der Waals surface area (Å²) in [5.41, 5.74) is 8.33. The average Bonchev–Trinajstić information content (AvgIpc) is 3.37. The van der Waals surface area contributed by atoms with Crippen molar-refractivity contribution in [3.05, 3.63) is 112 Å². The summed E-state index contributed by atoms with van der Waals surface area (Å²) in [7, 11) is 3.02. The van der Waals surface area contributed by atoms with Crippen molar-refractivity contribution in [2.24, 2.45) is 5.10 Å². The van der Waals surface area contributed by atoms with Gasteiger partial charge in [-0.05, 0) is 79.6 Å². The third-order valence-electron chi connectivity index (χ3n) is 6.72. The van der Waals surface area contributed by atoms with Gasteiger partial charge in [0.1, 0.15) is 11.4 Å². The van der Waals surface area contributed by atoms with Crippen LogP contribution in [-0.2, 0) is 0 Å². The van der Waals surface area contributed by atoms with E-state index in [-0.39, 0.29) is 5.75 Å². The maximum Gasteiger partial charge on any atom is 0.343 e.